The van der Waals surface area contributed by atoms with Crippen LogP contribution in [-0.4, -0.2) is 18.0 Å². The number of oxime groups is 1. The summed E-state index contributed by atoms with van der Waals surface area (Å²) in [6.07, 6.45) is -3.67. The van der Waals surface area contributed by atoms with Crippen molar-refractivity contribution in [2.75, 3.05) is 10.7 Å². The number of nitrogens with one attached hydrogen (secondary N) is 2. The van der Waals surface area contributed by atoms with Crippen LogP contribution in [0.4, 0.5) is 29.3 Å². The Balaban J connectivity index is 1.53. The maximum Gasteiger partial charge on any atom is 0.437 e. The van der Waals surface area contributed by atoms with Crippen molar-refractivity contribution in [1.82, 2.24) is 0 Å². The SMILES string of the molecule is C/C(=N\Nc1ccc(/C=N/OC(=O)Nc2c(C)cccc2C)cc1)c1ccc(C(F)(F)F)cc1. The van der Waals surface area contributed by atoms with Gasteiger partial charge in [0.2, 0.25) is 0 Å². The molecule has 6 nitrogen and oxygen atoms in total. The lowest BCUT2D eigenvalue weighted by molar-refractivity contribution is -0.137. The van der Waals surface area contributed by atoms with E-state index >= 15 is 0 Å². The zero-order valence-electron chi connectivity index (χ0n) is 18.8. The van der Waals surface area contributed by atoms with Crippen molar-refractivity contribution >= 4 is 29.4 Å². The molecule has 0 aromatic heterocycles. The minimum atomic E-state index is -4.37. The molecule has 0 bridgehead atoms. The van der Waals surface area contributed by atoms with Crippen molar-refractivity contribution in [2.24, 2.45) is 10.3 Å². The minimum absolute atomic E-state index is 0.530. The first-order valence-corrected chi connectivity index (χ1v) is 10.3. The smallest absolute Gasteiger partial charge is 0.298 e. The van der Waals surface area contributed by atoms with Crippen LogP contribution in [0.2, 0.25) is 0 Å². The normalized spacial score (nSPS) is 12.0. The first-order chi connectivity index (χ1) is 16.1. The fourth-order valence-electron chi connectivity index (χ4n) is 3.03. The molecule has 0 aliphatic heterocycles. The van der Waals surface area contributed by atoms with Crippen molar-refractivity contribution < 1.29 is 22.8 Å². The maximum atomic E-state index is 12.7. The van der Waals surface area contributed by atoms with Crippen LogP contribution >= 0.6 is 0 Å². The average molecular weight is 468 g/mol. The molecule has 3 rings (SSSR count). The summed E-state index contributed by atoms with van der Waals surface area (Å²) in [5.41, 5.74) is 7.12. The van der Waals surface area contributed by atoms with Gasteiger partial charge in [-0.05, 0) is 67.3 Å². The second kappa shape index (κ2) is 10.7. The Morgan fingerprint density at radius 1 is 0.941 bits per heavy atom. The molecule has 2 N–H and O–H groups in total. The van der Waals surface area contributed by atoms with E-state index in [1.807, 2.05) is 32.0 Å². The van der Waals surface area contributed by atoms with Gasteiger partial charge < -0.3 is 0 Å². The second-order valence-electron chi connectivity index (χ2n) is 7.51. The molecule has 0 heterocycles. The summed E-state index contributed by atoms with van der Waals surface area (Å²) in [6.45, 7) is 5.46. The molecular formula is C25H23F3N4O2. The zero-order chi connectivity index (χ0) is 24.7. The number of aryl methyl sites for hydroxylation is 2. The van der Waals surface area contributed by atoms with Crippen LogP contribution in [-0.2, 0) is 11.0 Å². The summed E-state index contributed by atoms with van der Waals surface area (Å²) in [6, 6.07) is 17.4. The molecular weight excluding hydrogens is 445 g/mol. The molecule has 0 atom stereocenters. The number of benzene rings is 3. The molecule has 1 amide bonds. The highest BCUT2D eigenvalue weighted by molar-refractivity contribution is 5.99. The van der Waals surface area contributed by atoms with E-state index in [0.29, 0.717) is 28.2 Å². The van der Waals surface area contributed by atoms with Gasteiger partial charge in [0.05, 0.1) is 23.2 Å². The number of alkyl halides is 3. The third kappa shape index (κ3) is 6.68. The Labute approximate surface area is 195 Å². The van der Waals surface area contributed by atoms with Crippen LogP contribution in [0.15, 0.2) is 77.0 Å². The first kappa shape index (κ1) is 24.5. The van der Waals surface area contributed by atoms with E-state index in [1.165, 1.54) is 18.3 Å². The van der Waals surface area contributed by atoms with Crippen LogP contribution in [0.5, 0.6) is 0 Å². The van der Waals surface area contributed by atoms with Crippen LogP contribution in [0, 0.1) is 13.8 Å². The van der Waals surface area contributed by atoms with Crippen molar-refractivity contribution in [3.05, 3.63) is 94.5 Å². The molecule has 0 saturated heterocycles. The number of amides is 1. The van der Waals surface area contributed by atoms with Crippen LogP contribution < -0.4 is 10.7 Å². The number of rotatable bonds is 6. The number of hydrogen-bond acceptors (Lipinski definition) is 5. The Kier molecular flexibility index (Phi) is 7.68. The zero-order valence-corrected chi connectivity index (χ0v) is 18.8. The Bertz CT molecular complexity index is 1180. The van der Waals surface area contributed by atoms with E-state index in [9.17, 15) is 18.0 Å². The van der Waals surface area contributed by atoms with E-state index in [2.05, 4.69) is 21.0 Å². The Morgan fingerprint density at radius 2 is 1.56 bits per heavy atom. The lowest BCUT2D eigenvalue weighted by Crippen LogP contribution is -2.12. The fourth-order valence-corrected chi connectivity index (χ4v) is 3.03. The topological polar surface area (TPSA) is 75.1 Å². The van der Waals surface area contributed by atoms with Gasteiger partial charge in [-0.1, -0.05) is 47.6 Å². The quantitative estimate of drug-likeness (QED) is 0.239. The fraction of sp³-hybridized carbons (Fsp3) is 0.160. The number of halogens is 3. The van der Waals surface area contributed by atoms with Crippen LogP contribution in [0.3, 0.4) is 0 Å². The van der Waals surface area contributed by atoms with Gasteiger partial charge >= 0.3 is 12.3 Å². The molecule has 0 spiro atoms. The van der Waals surface area contributed by atoms with E-state index in [-0.39, 0.29) is 0 Å². The van der Waals surface area contributed by atoms with Gasteiger partial charge in [0.25, 0.3) is 0 Å². The van der Waals surface area contributed by atoms with Crippen molar-refractivity contribution in [2.45, 2.75) is 26.9 Å². The van der Waals surface area contributed by atoms with Gasteiger partial charge in [-0.25, -0.2) is 4.79 Å². The van der Waals surface area contributed by atoms with Gasteiger partial charge in [-0.3, -0.25) is 15.6 Å². The number of hydrogen-bond donors (Lipinski definition) is 2. The molecule has 9 heteroatoms. The van der Waals surface area contributed by atoms with Crippen molar-refractivity contribution in [3.63, 3.8) is 0 Å². The first-order valence-electron chi connectivity index (χ1n) is 10.3. The predicted octanol–water partition coefficient (Wildman–Crippen LogP) is 6.74. The molecule has 176 valence electrons. The van der Waals surface area contributed by atoms with E-state index in [4.69, 9.17) is 4.84 Å². The summed E-state index contributed by atoms with van der Waals surface area (Å²) in [5.74, 6) is 0. The average Bonchev–Trinajstić information content (AvgIpc) is 2.80. The summed E-state index contributed by atoms with van der Waals surface area (Å²) in [5, 5.41) is 10.6. The standard InChI is InChI=1S/C25H23F3N4O2/c1-16-5-4-6-17(2)23(16)30-24(33)34-29-15-19-7-13-22(14-8-19)32-31-18(3)20-9-11-21(12-10-20)25(26,27)28/h4-15,32H,1-3H3,(H,30,33)/b29-15+,31-18+. The summed E-state index contributed by atoms with van der Waals surface area (Å²) >= 11 is 0. The third-order valence-electron chi connectivity index (χ3n) is 4.94. The lowest BCUT2D eigenvalue weighted by atomic mass is 10.1. The van der Waals surface area contributed by atoms with E-state index in [0.717, 1.165) is 23.3 Å². The summed E-state index contributed by atoms with van der Waals surface area (Å²) < 4.78 is 38.0. The predicted molar refractivity (Wildman–Crippen MR) is 127 cm³/mol. The number of carbonyl (C=O) groups is 1. The maximum absolute atomic E-state index is 12.7. The number of hydrazone groups is 1. The summed E-state index contributed by atoms with van der Waals surface area (Å²) in [7, 11) is 0. The molecule has 0 fully saturated rings. The highest BCUT2D eigenvalue weighted by Crippen LogP contribution is 2.29. The molecule has 0 radical (unpaired) electrons. The van der Waals surface area contributed by atoms with Crippen molar-refractivity contribution in [3.8, 4) is 0 Å². The largest absolute Gasteiger partial charge is 0.437 e. The van der Waals surface area contributed by atoms with E-state index in [1.54, 1.807) is 31.2 Å². The van der Waals surface area contributed by atoms with Gasteiger partial charge in [0.1, 0.15) is 0 Å². The molecule has 0 unspecified atom stereocenters. The molecule has 3 aromatic carbocycles. The second-order valence-corrected chi connectivity index (χ2v) is 7.51. The Hall–Kier alpha value is -4.14. The summed E-state index contributed by atoms with van der Waals surface area (Å²) in [4.78, 5) is 16.8. The third-order valence-corrected chi connectivity index (χ3v) is 4.94. The monoisotopic (exact) mass is 468 g/mol. The number of para-hydroxylation sites is 1. The van der Waals surface area contributed by atoms with E-state index < -0.39 is 17.8 Å². The number of anilines is 2. The molecule has 0 saturated carbocycles. The van der Waals surface area contributed by atoms with Crippen LogP contribution in [0.1, 0.15) is 34.7 Å². The molecule has 0 aliphatic rings. The van der Waals surface area contributed by atoms with Gasteiger partial charge in [0, 0.05) is 5.69 Å². The minimum Gasteiger partial charge on any atom is -0.298 e. The molecule has 0 aliphatic carbocycles. The number of carbonyl (C=O) groups excluding carboxylic acids is 1. The highest BCUT2D eigenvalue weighted by atomic mass is 19.4. The molecule has 34 heavy (non-hydrogen) atoms. The van der Waals surface area contributed by atoms with Gasteiger partial charge in [-0.2, -0.15) is 18.3 Å². The number of nitrogens with zero attached hydrogens (tertiary/aromatic N) is 2. The highest BCUT2D eigenvalue weighted by Gasteiger charge is 2.29. The Morgan fingerprint density at radius 3 is 2.15 bits per heavy atom. The van der Waals surface area contributed by atoms with Crippen molar-refractivity contribution in [1.29, 1.82) is 0 Å². The van der Waals surface area contributed by atoms with Gasteiger partial charge in [0.15, 0.2) is 0 Å². The van der Waals surface area contributed by atoms with Gasteiger partial charge in [-0.15, -0.1) is 0 Å². The molecule has 3 aromatic rings. The lowest BCUT2D eigenvalue weighted by Gasteiger charge is -2.09. The van der Waals surface area contributed by atoms with Crippen LogP contribution in [0.25, 0.3) is 0 Å².